The molecule has 0 radical (unpaired) electrons. The second kappa shape index (κ2) is 8.90. The highest BCUT2D eigenvalue weighted by Gasteiger charge is 2.11. The molecule has 0 atom stereocenters. The fraction of sp³-hybridized carbons (Fsp3) is 0.200. The summed E-state index contributed by atoms with van der Waals surface area (Å²) in [5.41, 5.74) is 1.63. The van der Waals surface area contributed by atoms with E-state index in [1.165, 1.54) is 11.3 Å². The van der Waals surface area contributed by atoms with E-state index in [1.807, 2.05) is 18.2 Å². The quantitative estimate of drug-likeness (QED) is 0.431. The molecule has 2 aromatic carbocycles. The van der Waals surface area contributed by atoms with Crippen molar-refractivity contribution in [2.75, 3.05) is 14.2 Å². The number of aromatic nitrogens is 1. The predicted molar refractivity (Wildman–Crippen MR) is 113 cm³/mol. The Kier molecular flexibility index (Phi) is 6.33. The van der Waals surface area contributed by atoms with E-state index in [2.05, 4.69) is 4.99 Å². The molecule has 1 aromatic heterocycles. The van der Waals surface area contributed by atoms with Crippen molar-refractivity contribution >= 4 is 35.5 Å². The number of rotatable bonds is 7. The molecule has 0 spiro atoms. The molecule has 1 heterocycles. The van der Waals surface area contributed by atoms with Crippen molar-refractivity contribution in [1.82, 2.24) is 4.57 Å². The summed E-state index contributed by atoms with van der Waals surface area (Å²) in [6.45, 7) is 0.524. The molecule has 8 heteroatoms. The van der Waals surface area contributed by atoms with Gasteiger partial charge in [-0.05, 0) is 48.5 Å². The van der Waals surface area contributed by atoms with E-state index in [4.69, 9.17) is 21.7 Å². The maximum absolute atomic E-state index is 10.5. The Hall–Kier alpha value is -2.84. The van der Waals surface area contributed by atoms with Gasteiger partial charge in [0.05, 0.1) is 26.1 Å². The molecule has 0 aliphatic rings. The third-order valence-electron chi connectivity index (χ3n) is 4.13. The van der Waals surface area contributed by atoms with Gasteiger partial charge in [0.1, 0.15) is 10.6 Å². The van der Waals surface area contributed by atoms with E-state index < -0.39 is 0 Å². The largest absolute Gasteiger partial charge is 0.508 e. The average molecular weight is 417 g/mol. The number of phenols is 1. The lowest BCUT2D eigenvalue weighted by atomic mass is 10.1. The molecule has 3 rings (SSSR count). The summed E-state index contributed by atoms with van der Waals surface area (Å²) < 4.78 is 12.8. The molecule has 2 N–H and O–H groups in total. The van der Waals surface area contributed by atoms with Gasteiger partial charge in [-0.25, -0.2) is 0 Å². The predicted octanol–water partition coefficient (Wildman–Crippen LogP) is 4.70. The number of ether oxygens (including phenoxy) is 2. The van der Waals surface area contributed by atoms with Crippen LogP contribution in [0.2, 0.25) is 0 Å². The van der Waals surface area contributed by atoms with Crippen molar-refractivity contribution in [1.29, 1.82) is 0 Å². The van der Waals surface area contributed by atoms with E-state index >= 15 is 0 Å². The molecule has 0 saturated heterocycles. The second-order valence-electron chi connectivity index (χ2n) is 5.92. The van der Waals surface area contributed by atoms with Crippen LogP contribution in [-0.4, -0.2) is 35.2 Å². The first-order chi connectivity index (χ1) is 13.5. The molecule has 0 amide bonds. The Balaban J connectivity index is 1.76. The first kappa shape index (κ1) is 19.9. The standard InChI is InChI=1S/C20H20N2O4S2/c1-25-16-7-6-13(10-17(16)26-2)8-9-22-19(24)18(28-20(22)27)12-21-14-4-3-5-15(23)11-14/h3-7,10-12,23-24H,8-9H2,1-2H3. The van der Waals surface area contributed by atoms with Gasteiger partial charge in [-0.1, -0.05) is 23.5 Å². The zero-order valence-electron chi connectivity index (χ0n) is 15.5. The van der Waals surface area contributed by atoms with Gasteiger partial charge in [-0.15, -0.1) is 0 Å². The van der Waals surface area contributed by atoms with Crippen LogP contribution in [0.4, 0.5) is 5.69 Å². The van der Waals surface area contributed by atoms with Gasteiger partial charge in [0, 0.05) is 12.6 Å². The maximum Gasteiger partial charge on any atom is 0.212 e. The molecule has 28 heavy (non-hydrogen) atoms. The smallest absolute Gasteiger partial charge is 0.212 e. The Morgan fingerprint density at radius 2 is 1.89 bits per heavy atom. The van der Waals surface area contributed by atoms with Crippen molar-refractivity contribution in [3.63, 3.8) is 0 Å². The van der Waals surface area contributed by atoms with E-state index in [0.717, 1.165) is 5.56 Å². The van der Waals surface area contributed by atoms with E-state index in [-0.39, 0.29) is 11.6 Å². The van der Waals surface area contributed by atoms with Crippen LogP contribution in [0.25, 0.3) is 0 Å². The number of nitrogens with zero attached hydrogens (tertiary/aromatic N) is 2. The van der Waals surface area contributed by atoms with Crippen LogP contribution in [0.3, 0.4) is 0 Å². The number of hydrogen-bond acceptors (Lipinski definition) is 7. The van der Waals surface area contributed by atoms with Crippen LogP contribution in [0.15, 0.2) is 47.5 Å². The molecule has 6 nitrogen and oxygen atoms in total. The van der Waals surface area contributed by atoms with Crippen molar-refractivity contribution in [2.45, 2.75) is 13.0 Å². The number of aliphatic imine (C=N–C) groups is 1. The molecule has 146 valence electrons. The van der Waals surface area contributed by atoms with Gasteiger partial charge < -0.3 is 19.7 Å². The molecule has 0 bridgehead atoms. The number of methoxy groups -OCH3 is 2. The van der Waals surface area contributed by atoms with Gasteiger partial charge in [-0.3, -0.25) is 9.56 Å². The Labute approximate surface area is 172 Å². The van der Waals surface area contributed by atoms with Crippen LogP contribution < -0.4 is 9.47 Å². The number of aromatic hydroxyl groups is 2. The van der Waals surface area contributed by atoms with Crippen LogP contribution in [0.1, 0.15) is 10.4 Å². The topological polar surface area (TPSA) is 76.2 Å². The van der Waals surface area contributed by atoms with Gasteiger partial charge >= 0.3 is 0 Å². The number of aryl methyl sites for hydroxylation is 1. The summed E-state index contributed by atoms with van der Waals surface area (Å²) in [7, 11) is 3.20. The molecule has 0 saturated carbocycles. The van der Waals surface area contributed by atoms with Gasteiger partial charge in [0.15, 0.2) is 15.5 Å². The number of hydrogen-bond donors (Lipinski definition) is 2. The van der Waals surface area contributed by atoms with Crippen LogP contribution in [0.5, 0.6) is 23.1 Å². The highest BCUT2D eigenvalue weighted by molar-refractivity contribution is 7.73. The lowest BCUT2D eigenvalue weighted by Gasteiger charge is -2.10. The average Bonchev–Trinajstić information content (AvgIpc) is 2.97. The lowest BCUT2D eigenvalue weighted by molar-refractivity contribution is 0.354. The summed E-state index contributed by atoms with van der Waals surface area (Å²) >= 11 is 6.68. The summed E-state index contributed by atoms with van der Waals surface area (Å²) in [6, 6.07) is 12.3. The summed E-state index contributed by atoms with van der Waals surface area (Å²) in [6.07, 6.45) is 2.22. The van der Waals surface area contributed by atoms with Crippen molar-refractivity contribution in [3.8, 4) is 23.1 Å². The first-order valence-corrected chi connectivity index (χ1v) is 9.71. The van der Waals surface area contributed by atoms with E-state index in [9.17, 15) is 10.2 Å². The minimum absolute atomic E-state index is 0.0828. The maximum atomic E-state index is 10.5. The molecule has 3 aromatic rings. The van der Waals surface area contributed by atoms with E-state index in [0.29, 0.717) is 39.0 Å². The number of thiazole rings is 1. The minimum atomic E-state index is 0.0828. The Morgan fingerprint density at radius 3 is 2.61 bits per heavy atom. The van der Waals surface area contributed by atoms with E-state index in [1.54, 1.807) is 49.3 Å². The van der Waals surface area contributed by atoms with Gasteiger partial charge in [0.25, 0.3) is 0 Å². The third-order valence-corrected chi connectivity index (χ3v) is 5.50. The van der Waals surface area contributed by atoms with Gasteiger partial charge in [-0.2, -0.15) is 0 Å². The monoisotopic (exact) mass is 416 g/mol. The Morgan fingerprint density at radius 1 is 1.11 bits per heavy atom. The summed E-state index contributed by atoms with van der Waals surface area (Å²) in [4.78, 5) is 4.86. The normalized spacial score (nSPS) is 11.1. The molecular weight excluding hydrogens is 396 g/mol. The highest BCUT2D eigenvalue weighted by atomic mass is 32.1. The Bertz CT molecular complexity index is 1060. The molecule has 0 unspecified atom stereocenters. The minimum Gasteiger partial charge on any atom is -0.508 e. The SMILES string of the molecule is COc1ccc(CCn2c(O)c(C=Nc3cccc(O)c3)sc2=S)cc1OC. The van der Waals surface area contributed by atoms with Crippen molar-refractivity contribution in [3.05, 3.63) is 56.9 Å². The molecule has 0 fully saturated rings. The fourth-order valence-corrected chi connectivity index (χ4v) is 3.91. The second-order valence-corrected chi connectivity index (χ2v) is 7.60. The van der Waals surface area contributed by atoms with Crippen LogP contribution in [-0.2, 0) is 13.0 Å². The summed E-state index contributed by atoms with van der Waals surface area (Å²) in [5.74, 6) is 1.56. The first-order valence-electron chi connectivity index (χ1n) is 8.48. The highest BCUT2D eigenvalue weighted by Crippen LogP contribution is 2.29. The van der Waals surface area contributed by atoms with Gasteiger partial charge in [0.2, 0.25) is 5.88 Å². The van der Waals surface area contributed by atoms with Crippen molar-refractivity contribution < 1.29 is 19.7 Å². The van der Waals surface area contributed by atoms with Crippen LogP contribution in [0, 0.1) is 3.95 Å². The number of benzene rings is 2. The zero-order chi connectivity index (χ0) is 20.1. The lowest BCUT2D eigenvalue weighted by Crippen LogP contribution is -2.01. The molecular formula is C20H20N2O4S2. The molecule has 0 aliphatic carbocycles. The zero-order valence-corrected chi connectivity index (χ0v) is 17.1. The van der Waals surface area contributed by atoms with Crippen molar-refractivity contribution in [2.24, 2.45) is 4.99 Å². The third kappa shape index (κ3) is 4.52. The summed E-state index contributed by atoms with van der Waals surface area (Å²) in [5, 5.41) is 20.0. The van der Waals surface area contributed by atoms with Crippen LogP contribution >= 0.6 is 23.6 Å². The number of phenolic OH excluding ortho intramolecular Hbond substituents is 1. The fourth-order valence-electron chi connectivity index (χ4n) is 2.68. The molecule has 0 aliphatic heterocycles.